The highest BCUT2D eigenvalue weighted by Crippen LogP contribution is 2.66. The molecule has 52 heavy (non-hydrogen) atoms. The molecule has 0 bridgehead atoms. The minimum Gasteiger partial charge on any atom is -0.465 e. The second-order valence-corrected chi connectivity index (χ2v) is 17.5. The summed E-state index contributed by atoms with van der Waals surface area (Å²) in [6.45, 7) is 17.0. The van der Waals surface area contributed by atoms with E-state index in [1.165, 1.54) is 60.3 Å². The Labute approximate surface area is 315 Å². The third-order valence-corrected chi connectivity index (χ3v) is 13.7. The van der Waals surface area contributed by atoms with Gasteiger partial charge in [0.25, 0.3) is 0 Å². The number of fused-ring (bicyclic) bond motifs is 3. The molecule has 4 aliphatic rings. The molecule has 2 amide bonds. The predicted octanol–water partition coefficient (Wildman–Crippen LogP) is 9.33. The summed E-state index contributed by atoms with van der Waals surface area (Å²) in [7, 11) is 0. The zero-order valence-electron chi connectivity index (χ0n) is 33.8. The largest absolute Gasteiger partial charge is 0.465 e. The Bertz CT molecular complexity index is 1230. The van der Waals surface area contributed by atoms with Crippen LogP contribution in [0.1, 0.15) is 151 Å². The number of hydrogen-bond acceptors (Lipinski definition) is 7. The molecule has 0 radical (unpaired) electrons. The molecule has 0 aromatic heterocycles. The zero-order chi connectivity index (χ0) is 37.9. The third-order valence-electron chi connectivity index (χ3n) is 13.7. The van der Waals surface area contributed by atoms with Gasteiger partial charge < -0.3 is 19.1 Å². The number of allylic oxidation sites excluding steroid dienone is 1. The van der Waals surface area contributed by atoms with E-state index in [9.17, 15) is 19.2 Å². The summed E-state index contributed by atoms with van der Waals surface area (Å²) in [5, 5.41) is 0. The van der Waals surface area contributed by atoms with Crippen LogP contribution >= 0.6 is 0 Å². The Morgan fingerprint density at radius 1 is 0.962 bits per heavy atom. The van der Waals surface area contributed by atoms with Crippen molar-refractivity contribution in [3.05, 3.63) is 11.6 Å². The van der Waals surface area contributed by atoms with E-state index in [0.717, 1.165) is 61.7 Å². The van der Waals surface area contributed by atoms with Crippen molar-refractivity contribution in [1.29, 1.82) is 0 Å². The van der Waals surface area contributed by atoms with Crippen molar-refractivity contribution in [3.63, 3.8) is 0 Å². The van der Waals surface area contributed by atoms with Gasteiger partial charge in [-0.2, -0.15) is 0 Å². The normalized spacial score (nSPS) is 31.0. The first-order valence-electron chi connectivity index (χ1n) is 21.0. The molecule has 7 atom stereocenters. The molecule has 0 aromatic carbocycles. The smallest absolute Gasteiger partial charge is 0.412 e. The highest BCUT2D eigenvalue weighted by atomic mass is 16.6. The van der Waals surface area contributed by atoms with Crippen LogP contribution in [0.3, 0.4) is 0 Å². The molecule has 0 N–H and O–H groups in total. The maximum atomic E-state index is 13.4. The number of cyclic esters (lactones) is 1. The molecule has 296 valence electrons. The molecule has 4 rings (SSSR count). The minimum atomic E-state index is -0.534. The van der Waals surface area contributed by atoms with Gasteiger partial charge in [-0.05, 0) is 105 Å². The summed E-state index contributed by atoms with van der Waals surface area (Å²) in [5.41, 5.74) is 2.03. The minimum absolute atomic E-state index is 0.0621. The first-order valence-corrected chi connectivity index (χ1v) is 21.0. The number of carbonyl (C=O) groups is 4. The second-order valence-electron chi connectivity index (χ2n) is 17.5. The summed E-state index contributed by atoms with van der Waals surface area (Å²) >= 11 is 0. The highest BCUT2D eigenvalue weighted by molar-refractivity contribution is 5.82. The van der Waals surface area contributed by atoms with Gasteiger partial charge >= 0.3 is 18.0 Å². The van der Waals surface area contributed by atoms with E-state index >= 15 is 0 Å². The first-order chi connectivity index (χ1) is 24.8. The van der Waals surface area contributed by atoms with Crippen LogP contribution in [0, 0.1) is 46.3 Å². The van der Waals surface area contributed by atoms with Crippen LogP contribution in [0.2, 0.25) is 0 Å². The lowest BCUT2D eigenvalue weighted by Crippen LogP contribution is -2.49. The van der Waals surface area contributed by atoms with Crippen molar-refractivity contribution >= 4 is 23.9 Å². The summed E-state index contributed by atoms with van der Waals surface area (Å²) in [6.07, 6.45) is 17.9. The van der Waals surface area contributed by atoms with E-state index < -0.39 is 18.0 Å². The average Bonchev–Trinajstić information content (AvgIpc) is 3.46. The van der Waals surface area contributed by atoms with Gasteiger partial charge in [-0.1, -0.05) is 85.3 Å². The van der Waals surface area contributed by atoms with Crippen molar-refractivity contribution in [1.82, 2.24) is 9.80 Å². The molecule has 9 nitrogen and oxygen atoms in total. The summed E-state index contributed by atoms with van der Waals surface area (Å²) in [6, 6.07) is 0. The van der Waals surface area contributed by atoms with Crippen LogP contribution < -0.4 is 0 Å². The van der Waals surface area contributed by atoms with E-state index in [-0.39, 0.29) is 50.6 Å². The molecule has 9 heteroatoms. The highest BCUT2D eigenvalue weighted by Gasteiger charge is 2.58. The molecular weight excluding hydrogens is 656 g/mol. The van der Waals surface area contributed by atoms with Crippen LogP contribution in [0.5, 0.6) is 0 Å². The lowest BCUT2D eigenvalue weighted by molar-refractivity contribution is -0.152. The summed E-state index contributed by atoms with van der Waals surface area (Å²) in [5.74, 6) is 3.43. The van der Waals surface area contributed by atoms with Gasteiger partial charge in [0.2, 0.25) is 5.91 Å². The maximum Gasteiger partial charge on any atom is 0.412 e. The molecule has 1 saturated heterocycles. The Balaban J connectivity index is 1.34. The molecule has 1 aliphatic heterocycles. The van der Waals surface area contributed by atoms with Crippen LogP contribution in [-0.4, -0.2) is 73.3 Å². The van der Waals surface area contributed by atoms with Crippen LogP contribution in [-0.2, 0) is 28.6 Å². The Kier molecular flexibility index (Phi) is 15.9. The van der Waals surface area contributed by atoms with Gasteiger partial charge in [0.1, 0.15) is 6.54 Å². The van der Waals surface area contributed by atoms with Crippen molar-refractivity contribution < 1.29 is 33.4 Å². The number of amides is 2. The SMILES string of the molecule is CCC[C@@]1(C)C(CCOC(=O)N2CCCCCC(=O)N(CC(=O)OCC)CCC(=O)OC2)=CCC2C1CC[C@@]1(C)C2CC[C@@H]1C(C)CCCC(C)C. The fraction of sp³-hybridized carbons (Fsp3) is 0.860. The second kappa shape index (κ2) is 19.7. The van der Waals surface area contributed by atoms with Crippen molar-refractivity contribution in [2.24, 2.45) is 46.3 Å². The molecule has 2 saturated carbocycles. The van der Waals surface area contributed by atoms with Gasteiger partial charge in [0.05, 0.1) is 19.6 Å². The Morgan fingerprint density at radius 2 is 1.75 bits per heavy atom. The van der Waals surface area contributed by atoms with Crippen LogP contribution in [0.25, 0.3) is 0 Å². The van der Waals surface area contributed by atoms with Crippen molar-refractivity contribution in [3.8, 4) is 0 Å². The van der Waals surface area contributed by atoms with Gasteiger partial charge in [-0.3, -0.25) is 19.3 Å². The van der Waals surface area contributed by atoms with E-state index in [0.29, 0.717) is 37.3 Å². The third kappa shape index (κ3) is 10.5. The molecule has 1 heterocycles. The number of esters is 2. The van der Waals surface area contributed by atoms with Crippen molar-refractivity contribution in [2.75, 3.05) is 39.6 Å². The van der Waals surface area contributed by atoms with Crippen LogP contribution in [0.15, 0.2) is 11.6 Å². The number of hydrogen-bond donors (Lipinski definition) is 0. The molecular formula is C43H72N2O7. The Morgan fingerprint density at radius 3 is 2.48 bits per heavy atom. The molecule has 3 aliphatic carbocycles. The van der Waals surface area contributed by atoms with E-state index in [2.05, 4.69) is 47.6 Å². The molecule has 4 unspecified atom stereocenters. The lowest BCUT2D eigenvalue weighted by atomic mass is 9.48. The van der Waals surface area contributed by atoms with Crippen LogP contribution in [0.4, 0.5) is 4.79 Å². The topological polar surface area (TPSA) is 102 Å². The van der Waals surface area contributed by atoms with Gasteiger partial charge in [0.15, 0.2) is 6.73 Å². The van der Waals surface area contributed by atoms with Gasteiger partial charge in [-0.25, -0.2) is 4.79 Å². The molecule has 0 aromatic rings. The van der Waals surface area contributed by atoms with E-state index in [4.69, 9.17) is 14.2 Å². The van der Waals surface area contributed by atoms with E-state index in [1.807, 2.05) is 0 Å². The number of carbonyl (C=O) groups excluding carboxylic acids is 4. The van der Waals surface area contributed by atoms with Gasteiger partial charge in [-0.15, -0.1) is 0 Å². The van der Waals surface area contributed by atoms with E-state index in [1.54, 1.807) is 6.92 Å². The first kappa shape index (κ1) is 42.2. The maximum absolute atomic E-state index is 13.4. The lowest BCUT2D eigenvalue weighted by Gasteiger charge is -2.57. The number of nitrogens with zero attached hydrogens (tertiary/aromatic N) is 2. The molecule has 3 fully saturated rings. The Hall–Kier alpha value is -2.58. The standard InChI is InChI=1S/C43H72N2O7/c1-8-24-42(6)33(17-18-34-36-20-19-35(32(5)15-13-14-31(3)4)43(36,7)25-21-37(34)42)23-28-51-41(49)45-26-12-10-11-16-38(46)44(29-40(48)50-9-2)27-22-39(47)52-30-45/h17,31-32,34-37H,8-16,18-30H2,1-7H3/t32?,34?,35-,36?,37?,42+,43-/m1/s1. The zero-order valence-corrected chi connectivity index (χ0v) is 33.8. The fourth-order valence-electron chi connectivity index (χ4n) is 11.0. The number of rotatable bonds is 13. The monoisotopic (exact) mass is 729 g/mol. The predicted molar refractivity (Wildman–Crippen MR) is 204 cm³/mol. The number of ether oxygens (including phenoxy) is 3. The summed E-state index contributed by atoms with van der Waals surface area (Å²) in [4.78, 5) is 53.6. The quantitative estimate of drug-likeness (QED) is 0.106. The summed E-state index contributed by atoms with van der Waals surface area (Å²) < 4.78 is 16.4. The fourth-order valence-corrected chi connectivity index (χ4v) is 11.0. The molecule has 0 spiro atoms. The average molecular weight is 729 g/mol. The van der Waals surface area contributed by atoms with Gasteiger partial charge in [0, 0.05) is 25.9 Å². The van der Waals surface area contributed by atoms with Crippen molar-refractivity contribution in [2.45, 2.75) is 151 Å².